The van der Waals surface area contributed by atoms with Gasteiger partial charge in [0.25, 0.3) is 0 Å². The van der Waals surface area contributed by atoms with Crippen molar-refractivity contribution >= 4 is 50.9 Å². The molecule has 0 atom stereocenters. The van der Waals surface area contributed by atoms with Crippen molar-refractivity contribution in [2.24, 2.45) is 0 Å². The van der Waals surface area contributed by atoms with Gasteiger partial charge in [-0.1, -0.05) is 48.5 Å². The fraction of sp³-hybridized carbons (Fsp3) is 0.143. The van der Waals surface area contributed by atoms with Crippen LogP contribution in [-0.4, -0.2) is 27.2 Å². The Morgan fingerprint density at radius 2 is 0.553 bits per heavy atom. The molecule has 2 aromatic carbocycles. The van der Waals surface area contributed by atoms with E-state index in [9.17, 15) is 17.3 Å². The molecule has 0 unspecified atom stereocenters. The van der Waals surface area contributed by atoms with E-state index in [0.29, 0.717) is 0 Å². The summed E-state index contributed by atoms with van der Waals surface area (Å²) in [5.74, 6) is 0. The molecule has 10 heteroatoms. The third kappa shape index (κ3) is 7.24. The molecule has 0 saturated heterocycles. The summed E-state index contributed by atoms with van der Waals surface area (Å²) in [5.41, 5.74) is 8.13. The van der Waals surface area contributed by atoms with Crippen LogP contribution < -0.4 is 0 Å². The Morgan fingerprint density at radius 1 is 0.395 bits per heavy atom. The Hall–Kier alpha value is -3.62. The molecule has 0 amide bonds. The Morgan fingerprint density at radius 3 is 0.737 bits per heavy atom. The average Bonchev–Trinajstić information content (AvgIpc) is 2.83. The number of pyridine rings is 4. The van der Waals surface area contributed by atoms with Crippen LogP contribution in [0.5, 0.6) is 0 Å². The second-order valence-electron chi connectivity index (χ2n) is 8.72. The number of aryl methyl sites for hydroxylation is 4. The number of hydrogen-bond acceptors (Lipinski definition) is 4. The van der Waals surface area contributed by atoms with Gasteiger partial charge in [0, 0.05) is 44.3 Å². The van der Waals surface area contributed by atoms with Crippen molar-refractivity contribution in [3.8, 4) is 0 Å². The standard InChI is InChI=1S/2C14H12N2.BF4.Cu/c2*1-9-3-5-11-7-8-12-6-4-10(2)16-14(12)13(11)15-9;2-1(3,4)5;/h2*3-8H,1-2H3;;/q;;-1;+1. The van der Waals surface area contributed by atoms with E-state index in [0.717, 1.165) is 66.4 Å². The van der Waals surface area contributed by atoms with E-state index < -0.39 is 7.25 Å². The molecule has 0 aliphatic rings. The first kappa shape index (κ1) is 28.9. The van der Waals surface area contributed by atoms with Gasteiger partial charge in [0.15, 0.2) is 0 Å². The Kier molecular flexibility index (Phi) is 9.02. The topological polar surface area (TPSA) is 51.6 Å². The quantitative estimate of drug-likeness (QED) is 0.106. The van der Waals surface area contributed by atoms with Gasteiger partial charge in [-0.3, -0.25) is 19.9 Å². The molecule has 198 valence electrons. The normalized spacial score (nSPS) is 10.9. The molecular formula is C28H24BCuF4N4. The molecule has 0 fully saturated rings. The van der Waals surface area contributed by atoms with Crippen molar-refractivity contribution in [2.75, 3.05) is 0 Å². The van der Waals surface area contributed by atoms with Crippen molar-refractivity contribution in [3.05, 3.63) is 95.6 Å². The molecule has 0 bridgehead atoms. The van der Waals surface area contributed by atoms with Crippen molar-refractivity contribution in [1.82, 2.24) is 19.9 Å². The van der Waals surface area contributed by atoms with Gasteiger partial charge in [0.05, 0.1) is 22.1 Å². The van der Waals surface area contributed by atoms with E-state index in [1.807, 2.05) is 52.0 Å². The van der Waals surface area contributed by atoms with E-state index in [2.05, 4.69) is 68.5 Å². The number of benzene rings is 2. The Balaban J connectivity index is 0.000000176. The molecule has 4 heterocycles. The third-order valence-electron chi connectivity index (χ3n) is 5.60. The van der Waals surface area contributed by atoms with Crippen LogP contribution in [-0.2, 0) is 17.1 Å². The summed E-state index contributed by atoms with van der Waals surface area (Å²) < 4.78 is 39.0. The van der Waals surface area contributed by atoms with Crippen molar-refractivity contribution in [1.29, 1.82) is 0 Å². The van der Waals surface area contributed by atoms with Crippen LogP contribution in [0.2, 0.25) is 0 Å². The molecule has 6 aromatic rings. The predicted molar refractivity (Wildman–Crippen MR) is 143 cm³/mol. The number of rotatable bonds is 0. The van der Waals surface area contributed by atoms with E-state index >= 15 is 0 Å². The molecular weight excluding hydrogens is 543 g/mol. The van der Waals surface area contributed by atoms with Crippen LogP contribution in [0.3, 0.4) is 0 Å². The molecule has 4 aromatic heterocycles. The maximum atomic E-state index is 9.75. The monoisotopic (exact) mass is 566 g/mol. The van der Waals surface area contributed by atoms with Gasteiger partial charge in [-0.05, 0) is 52.0 Å². The second kappa shape index (κ2) is 11.8. The zero-order chi connectivity index (χ0) is 26.7. The summed E-state index contributed by atoms with van der Waals surface area (Å²) in [6, 6.07) is 24.9. The number of nitrogens with zero attached hydrogens (tertiary/aromatic N) is 4. The molecule has 0 radical (unpaired) electrons. The SMILES string of the molecule is Cc1ccc2ccc3ccc(C)nc3c2n1.Cc1ccc2ccc3ccc(C)nc3c2n1.F[B-](F)(F)F.[Cu+]. The molecule has 0 aliphatic carbocycles. The maximum absolute atomic E-state index is 9.75. The largest absolute Gasteiger partial charge is 1.00 e. The number of aromatic nitrogens is 4. The van der Waals surface area contributed by atoms with E-state index in [1.54, 1.807) is 0 Å². The molecule has 0 saturated carbocycles. The van der Waals surface area contributed by atoms with Gasteiger partial charge in [0.2, 0.25) is 0 Å². The first-order valence-corrected chi connectivity index (χ1v) is 11.6. The molecule has 0 spiro atoms. The van der Waals surface area contributed by atoms with Gasteiger partial charge < -0.3 is 17.3 Å². The summed E-state index contributed by atoms with van der Waals surface area (Å²) in [7, 11) is -6.00. The van der Waals surface area contributed by atoms with E-state index in [4.69, 9.17) is 0 Å². The fourth-order valence-corrected chi connectivity index (χ4v) is 3.93. The van der Waals surface area contributed by atoms with E-state index in [1.165, 1.54) is 0 Å². The predicted octanol–water partition coefficient (Wildman–Crippen LogP) is 8.10. The van der Waals surface area contributed by atoms with Crippen LogP contribution >= 0.6 is 0 Å². The molecule has 6 rings (SSSR count). The van der Waals surface area contributed by atoms with Crippen LogP contribution in [0.4, 0.5) is 17.3 Å². The zero-order valence-corrected chi connectivity index (χ0v) is 22.0. The molecule has 0 aliphatic heterocycles. The minimum absolute atomic E-state index is 0. The summed E-state index contributed by atoms with van der Waals surface area (Å²) in [6.07, 6.45) is 0. The minimum Gasteiger partial charge on any atom is -0.418 e. The summed E-state index contributed by atoms with van der Waals surface area (Å²) >= 11 is 0. The first-order chi connectivity index (χ1) is 17.5. The minimum atomic E-state index is -6.00. The van der Waals surface area contributed by atoms with Crippen LogP contribution in [0.1, 0.15) is 22.8 Å². The smallest absolute Gasteiger partial charge is 0.418 e. The van der Waals surface area contributed by atoms with Gasteiger partial charge in [0.1, 0.15) is 0 Å². The molecule has 0 N–H and O–H groups in total. The van der Waals surface area contributed by atoms with Crippen LogP contribution in [0.15, 0.2) is 72.8 Å². The Labute approximate surface area is 228 Å². The average molecular weight is 567 g/mol. The van der Waals surface area contributed by atoms with Crippen molar-refractivity contribution < 1.29 is 34.3 Å². The maximum Gasteiger partial charge on any atom is 1.00 e. The molecule has 38 heavy (non-hydrogen) atoms. The number of halogens is 4. The van der Waals surface area contributed by atoms with E-state index in [-0.39, 0.29) is 17.1 Å². The summed E-state index contributed by atoms with van der Waals surface area (Å²) in [6.45, 7) is 8.03. The van der Waals surface area contributed by atoms with Gasteiger partial charge in [-0.25, -0.2) is 0 Å². The van der Waals surface area contributed by atoms with Crippen molar-refractivity contribution in [3.63, 3.8) is 0 Å². The first-order valence-electron chi connectivity index (χ1n) is 11.6. The Bertz CT molecular complexity index is 1490. The third-order valence-corrected chi connectivity index (χ3v) is 5.60. The zero-order valence-electron chi connectivity index (χ0n) is 21.1. The van der Waals surface area contributed by atoms with Gasteiger partial charge in [-0.15, -0.1) is 0 Å². The van der Waals surface area contributed by atoms with Crippen molar-refractivity contribution in [2.45, 2.75) is 27.7 Å². The summed E-state index contributed by atoms with van der Waals surface area (Å²) in [4.78, 5) is 18.3. The molecule has 4 nitrogen and oxygen atoms in total. The second-order valence-corrected chi connectivity index (χ2v) is 8.72. The fourth-order valence-electron chi connectivity index (χ4n) is 3.93. The number of hydrogen-bond donors (Lipinski definition) is 0. The summed E-state index contributed by atoms with van der Waals surface area (Å²) in [5, 5.41) is 4.60. The number of fused-ring (bicyclic) bond motifs is 6. The van der Waals surface area contributed by atoms with Crippen LogP contribution in [0, 0.1) is 27.7 Å². The van der Waals surface area contributed by atoms with Gasteiger partial charge in [-0.2, -0.15) is 0 Å². The van der Waals surface area contributed by atoms with Crippen LogP contribution in [0.25, 0.3) is 43.6 Å². The van der Waals surface area contributed by atoms with Gasteiger partial charge >= 0.3 is 24.3 Å².